The molecule has 0 N–H and O–H groups in total. The van der Waals surface area contributed by atoms with Gasteiger partial charge in [0.15, 0.2) is 5.15 Å². The predicted octanol–water partition coefficient (Wildman–Crippen LogP) is 6.94. The Morgan fingerprint density at radius 2 is 1.71 bits per heavy atom. The van der Waals surface area contributed by atoms with Crippen LogP contribution < -0.4 is 0 Å². The van der Waals surface area contributed by atoms with Gasteiger partial charge in [-0.1, -0.05) is 60.1 Å². The Morgan fingerprint density at radius 3 is 2.50 bits per heavy atom. The molecule has 5 nitrogen and oxygen atoms in total. The van der Waals surface area contributed by atoms with Gasteiger partial charge in [0.2, 0.25) is 0 Å². The number of methoxy groups -OCH3 is 1. The van der Waals surface area contributed by atoms with Crippen LogP contribution in [0.5, 0.6) is 0 Å². The fraction of sp³-hybridized carbons (Fsp3) is 0.250. The SMILES string of the molecule is COC1CCC(c2nc(-c3ccc4ccc(-c5ccccc5)nc4c3)c3c(Cl)nccn23)CC1. The molecule has 0 aliphatic heterocycles. The van der Waals surface area contributed by atoms with Gasteiger partial charge in [0.05, 0.1) is 23.0 Å². The van der Waals surface area contributed by atoms with Crippen molar-refractivity contribution in [3.8, 4) is 22.5 Å². The van der Waals surface area contributed by atoms with Crippen molar-refractivity contribution in [3.63, 3.8) is 0 Å². The molecule has 0 saturated heterocycles. The first-order valence-electron chi connectivity index (χ1n) is 11.7. The second kappa shape index (κ2) is 8.82. The van der Waals surface area contributed by atoms with Crippen molar-refractivity contribution < 1.29 is 4.74 Å². The first-order valence-corrected chi connectivity index (χ1v) is 12.1. The Hall–Kier alpha value is -3.28. The summed E-state index contributed by atoms with van der Waals surface area (Å²) >= 11 is 6.63. The van der Waals surface area contributed by atoms with Crippen molar-refractivity contribution in [1.82, 2.24) is 19.4 Å². The molecule has 3 aromatic heterocycles. The number of hydrogen-bond acceptors (Lipinski definition) is 4. The molecule has 6 heteroatoms. The molecule has 0 atom stereocenters. The zero-order valence-electron chi connectivity index (χ0n) is 19.0. The van der Waals surface area contributed by atoms with Gasteiger partial charge in [0, 0.05) is 41.9 Å². The largest absolute Gasteiger partial charge is 0.381 e. The van der Waals surface area contributed by atoms with Gasteiger partial charge in [-0.25, -0.2) is 15.0 Å². The van der Waals surface area contributed by atoms with Crippen molar-refractivity contribution in [2.75, 3.05) is 7.11 Å². The maximum Gasteiger partial charge on any atom is 0.155 e. The molecule has 170 valence electrons. The lowest BCUT2D eigenvalue weighted by atomic mass is 9.87. The lowest BCUT2D eigenvalue weighted by Gasteiger charge is -2.26. The van der Waals surface area contributed by atoms with Crippen molar-refractivity contribution in [2.45, 2.75) is 37.7 Å². The van der Waals surface area contributed by atoms with Crippen LogP contribution in [0.15, 0.2) is 73.1 Å². The minimum atomic E-state index is 0.345. The number of hydrogen-bond donors (Lipinski definition) is 0. The van der Waals surface area contributed by atoms with E-state index in [-0.39, 0.29) is 0 Å². The highest BCUT2D eigenvalue weighted by molar-refractivity contribution is 6.33. The van der Waals surface area contributed by atoms with Gasteiger partial charge < -0.3 is 4.74 Å². The van der Waals surface area contributed by atoms with Crippen LogP contribution in [0.2, 0.25) is 5.15 Å². The number of fused-ring (bicyclic) bond motifs is 2. The van der Waals surface area contributed by atoms with E-state index in [2.05, 4.69) is 51.8 Å². The van der Waals surface area contributed by atoms with Crippen molar-refractivity contribution in [3.05, 3.63) is 84.0 Å². The van der Waals surface area contributed by atoms with E-state index in [9.17, 15) is 0 Å². The molecule has 0 amide bonds. The van der Waals surface area contributed by atoms with Crippen LogP contribution in [0.3, 0.4) is 0 Å². The summed E-state index contributed by atoms with van der Waals surface area (Å²) in [6.07, 6.45) is 8.27. The number of halogens is 1. The van der Waals surface area contributed by atoms with Gasteiger partial charge in [0.1, 0.15) is 11.3 Å². The maximum atomic E-state index is 6.63. The van der Waals surface area contributed by atoms with Crippen LogP contribution in [-0.2, 0) is 4.74 Å². The van der Waals surface area contributed by atoms with Gasteiger partial charge >= 0.3 is 0 Å². The fourth-order valence-corrected chi connectivity index (χ4v) is 5.34. The number of pyridine rings is 1. The average molecular weight is 469 g/mol. The lowest BCUT2D eigenvalue weighted by molar-refractivity contribution is 0.0650. The van der Waals surface area contributed by atoms with Gasteiger partial charge in [-0.3, -0.25) is 4.40 Å². The van der Waals surface area contributed by atoms with E-state index < -0.39 is 0 Å². The molecule has 3 heterocycles. The summed E-state index contributed by atoms with van der Waals surface area (Å²) in [6.45, 7) is 0. The van der Waals surface area contributed by atoms with Gasteiger partial charge in [-0.2, -0.15) is 0 Å². The van der Waals surface area contributed by atoms with Crippen LogP contribution in [0.4, 0.5) is 0 Å². The Bertz CT molecular complexity index is 1470. The molecule has 2 aromatic carbocycles. The second-order valence-corrected chi connectivity index (χ2v) is 9.29. The topological polar surface area (TPSA) is 52.3 Å². The molecule has 6 rings (SSSR count). The third-order valence-corrected chi connectivity index (χ3v) is 7.22. The van der Waals surface area contributed by atoms with E-state index >= 15 is 0 Å². The highest BCUT2D eigenvalue weighted by atomic mass is 35.5. The number of aromatic nitrogens is 4. The first kappa shape index (κ1) is 21.3. The van der Waals surface area contributed by atoms with Crippen LogP contribution in [0.1, 0.15) is 37.4 Å². The highest BCUT2D eigenvalue weighted by Gasteiger charge is 2.27. The zero-order chi connectivity index (χ0) is 23.1. The zero-order valence-corrected chi connectivity index (χ0v) is 19.7. The van der Waals surface area contributed by atoms with Crippen LogP contribution >= 0.6 is 11.6 Å². The molecule has 5 aromatic rings. The monoisotopic (exact) mass is 468 g/mol. The van der Waals surface area contributed by atoms with E-state index in [1.54, 1.807) is 13.3 Å². The molecular formula is C28H25ClN4O. The minimum absolute atomic E-state index is 0.345. The van der Waals surface area contributed by atoms with Gasteiger partial charge in [0.25, 0.3) is 0 Å². The molecular weight excluding hydrogens is 444 g/mol. The summed E-state index contributed by atoms with van der Waals surface area (Å²) in [4.78, 5) is 14.5. The van der Waals surface area contributed by atoms with Crippen molar-refractivity contribution in [1.29, 1.82) is 0 Å². The smallest absolute Gasteiger partial charge is 0.155 e. The van der Waals surface area contributed by atoms with Gasteiger partial charge in [-0.05, 0) is 37.8 Å². The van der Waals surface area contributed by atoms with E-state index in [0.29, 0.717) is 17.2 Å². The number of rotatable bonds is 4. The third-order valence-electron chi connectivity index (χ3n) is 6.95. The van der Waals surface area contributed by atoms with Crippen LogP contribution in [0, 0.1) is 0 Å². The van der Waals surface area contributed by atoms with Crippen LogP contribution in [0.25, 0.3) is 38.9 Å². The summed E-state index contributed by atoms with van der Waals surface area (Å²) in [5.74, 6) is 1.42. The molecule has 0 radical (unpaired) electrons. The molecule has 0 bridgehead atoms. The fourth-order valence-electron chi connectivity index (χ4n) is 5.10. The lowest BCUT2D eigenvalue weighted by Crippen LogP contribution is -2.20. The Balaban J connectivity index is 1.46. The number of imidazole rings is 1. The van der Waals surface area contributed by atoms with Gasteiger partial charge in [-0.15, -0.1) is 0 Å². The predicted molar refractivity (Wildman–Crippen MR) is 136 cm³/mol. The average Bonchev–Trinajstić information content (AvgIpc) is 3.30. The number of nitrogens with zero attached hydrogens (tertiary/aromatic N) is 4. The normalized spacial score (nSPS) is 18.5. The summed E-state index contributed by atoms with van der Waals surface area (Å²) in [5, 5.41) is 1.56. The third kappa shape index (κ3) is 3.75. The molecule has 1 fully saturated rings. The number of ether oxygens (including phenoxy) is 1. The summed E-state index contributed by atoms with van der Waals surface area (Å²) in [6, 6.07) is 20.7. The summed E-state index contributed by atoms with van der Waals surface area (Å²) in [5.41, 5.74) is 5.69. The van der Waals surface area contributed by atoms with Crippen molar-refractivity contribution >= 4 is 28.0 Å². The highest BCUT2D eigenvalue weighted by Crippen LogP contribution is 2.38. The summed E-state index contributed by atoms with van der Waals surface area (Å²) in [7, 11) is 1.80. The standard InChI is InChI=1S/C28H25ClN4O/c1-34-22-12-9-20(10-13-22)28-32-25(26-27(29)30-15-16-33(26)28)21-8-7-19-11-14-23(31-24(19)17-21)18-5-3-2-4-6-18/h2-8,11,14-17,20,22H,9-10,12-13H2,1H3. The molecule has 1 aliphatic rings. The minimum Gasteiger partial charge on any atom is -0.381 e. The summed E-state index contributed by atoms with van der Waals surface area (Å²) < 4.78 is 7.70. The molecule has 1 aliphatic carbocycles. The molecule has 0 unspecified atom stereocenters. The quantitative estimate of drug-likeness (QED) is 0.286. The molecule has 1 saturated carbocycles. The van der Waals surface area contributed by atoms with Crippen molar-refractivity contribution in [2.24, 2.45) is 0 Å². The number of benzene rings is 2. The van der Waals surface area contributed by atoms with E-state index in [4.69, 9.17) is 26.3 Å². The van der Waals surface area contributed by atoms with E-state index in [0.717, 1.165) is 70.4 Å². The Kier molecular flexibility index (Phi) is 5.52. The maximum absolute atomic E-state index is 6.63. The molecule has 34 heavy (non-hydrogen) atoms. The van der Waals surface area contributed by atoms with Crippen LogP contribution in [-0.4, -0.2) is 32.6 Å². The Labute approximate surface area is 203 Å². The first-order chi connectivity index (χ1) is 16.7. The van der Waals surface area contributed by atoms with E-state index in [1.165, 1.54) is 0 Å². The van der Waals surface area contributed by atoms with E-state index in [1.807, 2.05) is 24.4 Å². The molecule has 0 spiro atoms. The Morgan fingerprint density at radius 1 is 0.912 bits per heavy atom. The second-order valence-electron chi connectivity index (χ2n) is 8.93.